The van der Waals surface area contributed by atoms with E-state index in [1.165, 1.54) is 0 Å². The summed E-state index contributed by atoms with van der Waals surface area (Å²) in [4.78, 5) is 4.35. The standard InChI is InChI=1S/2C5H5.CH2.2ClH.Ti/c2*1-2-4-5-3-1;;;;/h2*1-3H,4H2;1H2;2*1H;. The van der Waals surface area contributed by atoms with Gasteiger partial charge in [-0.15, -0.1) is 24.8 Å². The van der Waals surface area contributed by atoms with E-state index in [-0.39, 0.29) is 24.8 Å². The van der Waals surface area contributed by atoms with E-state index in [1.807, 2.05) is 0 Å². The zero-order valence-corrected chi connectivity index (χ0v) is 11.1. The fourth-order valence-electron chi connectivity index (χ4n) is 1.55. The molecule has 0 spiro atoms. The second-order valence-electron chi connectivity index (χ2n) is 3.13. The van der Waals surface area contributed by atoms with E-state index in [0.717, 1.165) is 12.8 Å². The number of allylic oxidation sites excluding steroid dienone is 8. The minimum absolute atomic E-state index is 0. The molecule has 0 aromatic carbocycles. The van der Waals surface area contributed by atoms with Gasteiger partial charge in [0.05, 0.1) is 0 Å². The van der Waals surface area contributed by atoms with Gasteiger partial charge in [-0.3, -0.25) is 0 Å². The van der Waals surface area contributed by atoms with Gasteiger partial charge in [-0.2, -0.15) is 0 Å². The molecule has 2 aliphatic rings. The minimum atomic E-state index is -1.23. The van der Waals surface area contributed by atoms with Crippen molar-refractivity contribution in [3.63, 3.8) is 0 Å². The first-order valence-corrected chi connectivity index (χ1v) is 6.95. The predicted octanol–water partition coefficient (Wildman–Crippen LogP) is 3.57. The molecular weight excluding hydrogens is 251 g/mol. The Morgan fingerprint density at radius 3 is 1.64 bits per heavy atom. The summed E-state index contributed by atoms with van der Waals surface area (Å²) in [6, 6.07) is 0. The van der Waals surface area contributed by atoms with Gasteiger partial charge in [-0.1, -0.05) is 0 Å². The number of rotatable bonds is 2. The summed E-state index contributed by atoms with van der Waals surface area (Å²) in [5.41, 5.74) is 0. The number of halogens is 2. The Morgan fingerprint density at radius 1 is 0.929 bits per heavy atom. The van der Waals surface area contributed by atoms with E-state index >= 15 is 0 Å². The third-order valence-corrected chi connectivity index (χ3v) is 5.90. The van der Waals surface area contributed by atoms with Gasteiger partial charge >= 0.3 is 79.3 Å². The molecule has 0 saturated carbocycles. The molecule has 2 rings (SSSR count). The molecule has 0 unspecified atom stereocenters. The molecule has 0 aromatic rings. The van der Waals surface area contributed by atoms with Crippen LogP contribution in [0.3, 0.4) is 0 Å². The van der Waals surface area contributed by atoms with Crippen molar-refractivity contribution in [2.75, 3.05) is 0 Å². The van der Waals surface area contributed by atoms with Crippen molar-refractivity contribution in [3.8, 4) is 0 Å². The summed E-state index contributed by atoms with van der Waals surface area (Å²) in [7, 11) is 0. The zero-order valence-electron chi connectivity index (χ0n) is 7.90. The summed E-state index contributed by atoms with van der Waals surface area (Å²) >= 11 is -1.23. The summed E-state index contributed by atoms with van der Waals surface area (Å²) < 4.78 is 3.23. The Labute approximate surface area is 104 Å². The van der Waals surface area contributed by atoms with Gasteiger partial charge in [-0.05, 0) is 0 Å². The maximum atomic E-state index is 4.35. The maximum absolute atomic E-state index is 4.35. The van der Waals surface area contributed by atoms with Gasteiger partial charge in [-0.25, -0.2) is 0 Å². The predicted molar refractivity (Wildman–Crippen MR) is 65.3 cm³/mol. The molecule has 0 aliphatic heterocycles. The molecule has 0 bridgehead atoms. The quantitative estimate of drug-likeness (QED) is 0.669. The molecule has 0 nitrogen and oxygen atoms in total. The topological polar surface area (TPSA) is 0 Å². The Morgan fingerprint density at radius 2 is 1.36 bits per heavy atom. The molecule has 14 heavy (non-hydrogen) atoms. The summed E-state index contributed by atoms with van der Waals surface area (Å²) in [6.45, 7) is 0. The molecule has 0 amide bonds. The van der Waals surface area contributed by atoms with Crippen LogP contribution in [0.1, 0.15) is 12.8 Å². The van der Waals surface area contributed by atoms with Gasteiger partial charge in [0.15, 0.2) is 0 Å². The molecule has 3 heteroatoms. The van der Waals surface area contributed by atoms with Crippen LogP contribution in [0.4, 0.5) is 0 Å². The third-order valence-electron chi connectivity index (χ3n) is 2.32. The van der Waals surface area contributed by atoms with E-state index < -0.39 is 17.4 Å². The molecule has 0 radical (unpaired) electrons. The summed E-state index contributed by atoms with van der Waals surface area (Å²) in [5.74, 6) is 0. The van der Waals surface area contributed by atoms with E-state index in [9.17, 15) is 0 Å². The molecule has 76 valence electrons. The van der Waals surface area contributed by atoms with E-state index in [1.54, 1.807) is 7.76 Å². The molecule has 2 aliphatic carbocycles. The van der Waals surface area contributed by atoms with Gasteiger partial charge in [0.2, 0.25) is 0 Å². The van der Waals surface area contributed by atoms with E-state index in [2.05, 4.69) is 41.3 Å². The van der Waals surface area contributed by atoms with Crippen molar-refractivity contribution in [2.24, 2.45) is 0 Å². The van der Waals surface area contributed by atoms with Gasteiger partial charge in [0, 0.05) is 0 Å². The van der Waals surface area contributed by atoms with Crippen molar-refractivity contribution < 1.29 is 17.4 Å². The van der Waals surface area contributed by atoms with Gasteiger partial charge < -0.3 is 0 Å². The normalized spacial score (nSPS) is 16.9. The molecule has 0 heterocycles. The van der Waals surface area contributed by atoms with Crippen molar-refractivity contribution in [1.82, 2.24) is 0 Å². The van der Waals surface area contributed by atoms with Crippen molar-refractivity contribution >= 4 is 29.6 Å². The van der Waals surface area contributed by atoms with E-state index in [4.69, 9.17) is 0 Å². The second-order valence-corrected chi connectivity index (χ2v) is 6.63. The molecule has 0 fully saturated rings. The van der Waals surface area contributed by atoms with Crippen LogP contribution in [-0.2, 0) is 17.4 Å². The van der Waals surface area contributed by atoms with Crippen molar-refractivity contribution in [2.45, 2.75) is 12.8 Å². The summed E-state index contributed by atoms with van der Waals surface area (Å²) in [5, 5.41) is 0. The van der Waals surface area contributed by atoms with Crippen molar-refractivity contribution in [1.29, 1.82) is 0 Å². The first-order chi connectivity index (χ1) is 5.88. The van der Waals surface area contributed by atoms with Crippen LogP contribution in [0.15, 0.2) is 44.2 Å². The third kappa shape index (κ3) is 3.07. The van der Waals surface area contributed by atoms with Crippen LogP contribution in [0, 0.1) is 0 Å². The van der Waals surface area contributed by atoms with Crippen molar-refractivity contribution in [3.05, 3.63) is 44.2 Å². The number of hydrogen-bond acceptors (Lipinski definition) is 0. The number of hydrogen-bond donors (Lipinski definition) is 0. The SMILES string of the molecule is Cl.Cl.[CH2]=[Ti]([C]1=CC=CC1)[C]1=CC=CC1. The molecule has 0 N–H and O–H groups in total. The van der Waals surface area contributed by atoms with Gasteiger partial charge in [0.1, 0.15) is 0 Å². The first kappa shape index (κ1) is 14.1. The van der Waals surface area contributed by atoms with Crippen LogP contribution in [0.2, 0.25) is 0 Å². The zero-order chi connectivity index (χ0) is 8.39. The van der Waals surface area contributed by atoms with Gasteiger partial charge in [0.25, 0.3) is 0 Å². The molecular formula is C11H14Cl2Ti. The Bertz CT molecular complexity index is 303. The van der Waals surface area contributed by atoms with E-state index in [0.29, 0.717) is 0 Å². The van der Waals surface area contributed by atoms with Crippen LogP contribution in [-0.4, -0.2) is 4.82 Å². The van der Waals surface area contributed by atoms with Crippen LogP contribution in [0.5, 0.6) is 0 Å². The average molecular weight is 265 g/mol. The molecule has 0 aromatic heterocycles. The Kier molecular flexibility index (Phi) is 6.64. The van der Waals surface area contributed by atoms with Crippen LogP contribution in [0.25, 0.3) is 0 Å². The fraction of sp³-hybridized carbons (Fsp3) is 0.182. The molecule has 0 atom stereocenters. The van der Waals surface area contributed by atoms with Crippen LogP contribution >= 0.6 is 24.8 Å². The average Bonchev–Trinajstić information content (AvgIpc) is 2.77. The fourth-order valence-corrected chi connectivity index (χ4v) is 4.26. The Hall–Kier alpha value is 0.124. The Balaban J connectivity index is 0.000000845. The second kappa shape index (κ2) is 6.58. The summed E-state index contributed by atoms with van der Waals surface area (Å²) in [6.07, 6.45) is 15.6. The monoisotopic (exact) mass is 264 g/mol. The molecule has 0 saturated heterocycles. The van der Waals surface area contributed by atoms with Crippen LogP contribution < -0.4 is 0 Å². The first-order valence-electron chi connectivity index (χ1n) is 4.29.